The minimum Gasteiger partial charge on any atom is -0.465 e. The summed E-state index contributed by atoms with van der Waals surface area (Å²) in [6.07, 6.45) is 2.45. The van der Waals surface area contributed by atoms with Crippen molar-refractivity contribution in [2.75, 3.05) is 7.11 Å². The van der Waals surface area contributed by atoms with Crippen molar-refractivity contribution in [1.29, 1.82) is 5.26 Å². The second-order valence-electron chi connectivity index (χ2n) is 3.26. The van der Waals surface area contributed by atoms with Crippen LogP contribution in [0.2, 0.25) is 0 Å². The van der Waals surface area contributed by atoms with Crippen LogP contribution in [-0.4, -0.2) is 13.1 Å². The zero-order chi connectivity index (χ0) is 12.0. The highest BCUT2D eigenvalue weighted by atomic mass is 16.5. The topological polar surface area (TPSA) is 50.1 Å². The maximum Gasteiger partial charge on any atom is 0.348 e. The lowest BCUT2D eigenvalue weighted by molar-refractivity contribution is -0.135. The lowest BCUT2D eigenvalue weighted by Crippen LogP contribution is -2.02. The summed E-state index contributed by atoms with van der Waals surface area (Å²) in [5, 5.41) is 8.80. The SMILES string of the molecule is CCc1cccc(C=C(C#N)C(=O)OC)c1. The number of hydrogen-bond acceptors (Lipinski definition) is 3. The third kappa shape index (κ3) is 2.96. The second kappa shape index (κ2) is 5.72. The number of rotatable bonds is 3. The van der Waals surface area contributed by atoms with Gasteiger partial charge in [0, 0.05) is 0 Å². The molecule has 1 rings (SSSR count). The van der Waals surface area contributed by atoms with E-state index in [2.05, 4.69) is 4.74 Å². The lowest BCUT2D eigenvalue weighted by atomic mass is 10.1. The molecule has 1 aromatic carbocycles. The summed E-state index contributed by atoms with van der Waals surface area (Å²) < 4.78 is 4.50. The molecule has 0 aliphatic rings. The first-order chi connectivity index (χ1) is 7.71. The van der Waals surface area contributed by atoms with Crippen molar-refractivity contribution >= 4 is 12.0 Å². The van der Waals surface area contributed by atoms with Crippen LogP contribution in [0.3, 0.4) is 0 Å². The number of hydrogen-bond donors (Lipinski definition) is 0. The molecule has 0 amide bonds. The fourth-order valence-electron chi connectivity index (χ4n) is 1.32. The van der Waals surface area contributed by atoms with Crippen LogP contribution in [0.15, 0.2) is 29.8 Å². The van der Waals surface area contributed by atoms with E-state index in [0.717, 1.165) is 17.5 Å². The van der Waals surface area contributed by atoms with Crippen LogP contribution < -0.4 is 0 Å². The van der Waals surface area contributed by atoms with E-state index in [9.17, 15) is 4.79 Å². The first-order valence-electron chi connectivity index (χ1n) is 5.00. The van der Waals surface area contributed by atoms with Crippen LogP contribution in [0.25, 0.3) is 6.08 Å². The molecule has 0 spiro atoms. The number of aryl methyl sites for hydroxylation is 1. The highest BCUT2D eigenvalue weighted by molar-refractivity contribution is 5.97. The highest BCUT2D eigenvalue weighted by Crippen LogP contribution is 2.10. The van der Waals surface area contributed by atoms with Crippen molar-refractivity contribution in [1.82, 2.24) is 0 Å². The van der Waals surface area contributed by atoms with Gasteiger partial charge in [-0.2, -0.15) is 5.26 Å². The predicted molar refractivity (Wildman–Crippen MR) is 61.4 cm³/mol. The Morgan fingerprint density at radius 2 is 2.31 bits per heavy atom. The van der Waals surface area contributed by atoms with E-state index in [4.69, 9.17) is 5.26 Å². The molecule has 0 aliphatic heterocycles. The van der Waals surface area contributed by atoms with Crippen LogP contribution >= 0.6 is 0 Å². The van der Waals surface area contributed by atoms with E-state index >= 15 is 0 Å². The number of esters is 1. The zero-order valence-electron chi connectivity index (χ0n) is 9.36. The van der Waals surface area contributed by atoms with Crippen molar-refractivity contribution < 1.29 is 9.53 Å². The Morgan fingerprint density at radius 1 is 1.56 bits per heavy atom. The second-order valence-corrected chi connectivity index (χ2v) is 3.26. The molecular formula is C13H13NO2. The van der Waals surface area contributed by atoms with E-state index in [1.165, 1.54) is 13.2 Å². The van der Waals surface area contributed by atoms with E-state index in [0.29, 0.717) is 0 Å². The van der Waals surface area contributed by atoms with Gasteiger partial charge in [-0.1, -0.05) is 31.2 Å². The summed E-state index contributed by atoms with van der Waals surface area (Å²) >= 11 is 0. The molecule has 0 unspecified atom stereocenters. The fourth-order valence-corrected chi connectivity index (χ4v) is 1.32. The van der Waals surface area contributed by atoms with Crippen LogP contribution in [0.4, 0.5) is 0 Å². The minimum absolute atomic E-state index is 0.00996. The first-order valence-corrected chi connectivity index (χ1v) is 5.00. The molecule has 0 bridgehead atoms. The summed E-state index contributed by atoms with van der Waals surface area (Å²) in [6, 6.07) is 9.52. The number of ether oxygens (including phenoxy) is 1. The standard InChI is InChI=1S/C13H13NO2/c1-3-10-5-4-6-11(7-10)8-12(9-14)13(15)16-2/h4-8H,3H2,1-2H3. The van der Waals surface area contributed by atoms with Gasteiger partial charge in [-0.05, 0) is 23.6 Å². The molecule has 0 radical (unpaired) electrons. The number of benzene rings is 1. The van der Waals surface area contributed by atoms with Gasteiger partial charge in [0.2, 0.25) is 0 Å². The molecule has 16 heavy (non-hydrogen) atoms. The molecule has 0 aliphatic carbocycles. The van der Waals surface area contributed by atoms with Crippen LogP contribution in [0, 0.1) is 11.3 Å². The van der Waals surface area contributed by atoms with E-state index < -0.39 is 5.97 Å². The molecule has 3 heteroatoms. The van der Waals surface area contributed by atoms with Gasteiger partial charge in [-0.3, -0.25) is 0 Å². The van der Waals surface area contributed by atoms with Gasteiger partial charge in [0.15, 0.2) is 0 Å². The normalized spacial score (nSPS) is 10.7. The molecular weight excluding hydrogens is 202 g/mol. The monoisotopic (exact) mass is 215 g/mol. The van der Waals surface area contributed by atoms with Crippen molar-refractivity contribution in [2.45, 2.75) is 13.3 Å². The fraction of sp³-hybridized carbons (Fsp3) is 0.231. The van der Waals surface area contributed by atoms with Gasteiger partial charge >= 0.3 is 5.97 Å². The van der Waals surface area contributed by atoms with E-state index in [-0.39, 0.29) is 5.57 Å². The van der Waals surface area contributed by atoms with Crippen molar-refractivity contribution in [2.24, 2.45) is 0 Å². The maximum atomic E-state index is 11.2. The molecule has 0 heterocycles. The Kier molecular flexibility index (Phi) is 4.28. The molecule has 3 nitrogen and oxygen atoms in total. The summed E-state index contributed by atoms with van der Waals surface area (Å²) in [5.41, 5.74) is 2.01. The summed E-state index contributed by atoms with van der Waals surface area (Å²) in [4.78, 5) is 11.2. The van der Waals surface area contributed by atoms with Crippen molar-refractivity contribution in [3.8, 4) is 6.07 Å². The van der Waals surface area contributed by atoms with Gasteiger partial charge in [-0.25, -0.2) is 4.79 Å². The van der Waals surface area contributed by atoms with Gasteiger partial charge in [-0.15, -0.1) is 0 Å². The Labute approximate surface area is 95.0 Å². The zero-order valence-corrected chi connectivity index (χ0v) is 9.36. The van der Waals surface area contributed by atoms with Crippen LogP contribution in [0.1, 0.15) is 18.1 Å². The minimum atomic E-state index is -0.607. The maximum absolute atomic E-state index is 11.2. The quantitative estimate of drug-likeness (QED) is 0.441. The Hall–Kier alpha value is -2.08. The smallest absolute Gasteiger partial charge is 0.348 e. The third-order valence-electron chi connectivity index (χ3n) is 2.20. The summed E-state index contributed by atoms with van der Waals surface area (Å²) in [5.74, 6) is -0.607. The molecule has 0 aromatic heterocycles. The molecule has 1 aromatic rings. The van der Waals surface area contributed by atoms with Crippen LogP contribution in [0.5, 0.6) is 0 Å². The number of nitriles is 1. The number of nitrogens with zero attached hydrogens (tertiary/aromatic N) is 1. The molecule has 0 saturated heterocycles. The van der Waals surface area contributed by atoms with Crippen LogP contribution in [-0.2, 0) is 16.0 Å². The van der Waals surface area contributed by atoms with E-state index in [1.807, 2.05) is 37.3 Å². The molecule has 0 atom stereocenters. The van der Waals surface area contributed by atoms with Gasteiger partial charge in [0.25, 0.3) is 0 Å². The average Bonchev–Trinajstić information content (AvgIpc) is 2.35. The Morgan fingerprint density at radius 3 is 2.88 bits per heavy atom. The summed E-state index contributed by atoms with van der Waals surface area (Å²) in [7, 11) is 1.26. The lowest BCUT2D eigenvalue weighted by Gasteiger charge is -2.00. The molecule has 0 N–H and O–H groups in total. The van der Waals surface area contributed by atoms with Crippen molar-refractivity contribution in [3.05, 3.63) is 41.0 Å². The van der Waals surface area contributed by atoms with Gasteiger partial charge in [0.1, 0.15) is 11.6 Å². The Balaban J connectivity index is 3.05. The number of methoxy groups -OCH3 is 1. The number of carbonyl (C=O) groups is 1. The van der Waals surface area contributed by atoms with E-state index in [1.54, 1.807) is 0 Å². The summed E-state index contributed by atoms with van der Waals surface area (Å²) in [6.45, 7) is 2.05. The molecule has 0 saturated carbocycles. The first kappa shape index (κ1) is 12.0. The molecule has 0 fully saturated rings. The Bertz CT molecular complexity index is 455. The highest BCUT2D eigenvalue weighted by Gasteiger charge is 2.08. The average molecular weight is 215 g/mol. The third-order valence-corrected chi connectivity index (χ3v) is 2.20. The largest absolute Gasteiger partial charge is 0.465 e. The van der Waals surface area contributed by atoms with Gasteiger partial charge in [0.05, 0.1) is 7.11 Å². The predicted octanol–water partition coefficient (Wildman–Crippen LogP) is 2.33. The van der Waals surface area contributed by atoms with Gasteiger partial charge < -0.3 is 4.74 Å². The molecule has 82 valence electrons. The number of carbonyl (C=O) groups excluding carboxylic acids is 1. The van der Waals surface area contributed by atoms with Crippen molar-refractivity contribution in [3.63, 3.8) is 0 Å².